The third-order valence-corrected chi connectivity index (χ3v) is 2.16. The standard InChI is InChI=1S/C8H7ClN4O2/c1-15-5-2-3-7(6(9)4-5)13-8(14)10-11-12-13/h2-4H,1H3,(H,10,12,14). The number of tetrazole rings is 1. The first-order valence-corrected chi connectivity index (χ1v) is 4.44. The number of ether oxygens (including phenoxy) is 1. The highest BCUT2D eigenvalue weighted by Crippen LogP contribution is 2.23. The Hall–Kier alpha value is -1.82. The van der Waals surface area contributed by atoms with Gasteiger partial charge >= 0.3 is 5.69 Å². The van der Waals surface area contributed by atoms with Crippen molar-refractivity contribution in [2.24, 2.45) is 0 Å². The second-order valence-electron chi connectivity index (χ2n) is 2.74. The lowest BCUT2D eigenvalue weighted by Gasteiger charge is -2.04. The molecule has 0 saturated carbocycles. The molecule has 15 heavy (non-hydrogen) atoms. The number of halogens is 1. The van der Waals surface area contributed by atoms with Gasteiger partial charge in [0, 0.05) is 6.07 Å². The van der Waals surface area contributed by atoms with E-state index in [0.29, 0.717) is 16.5 Å². The van der Waals surface area contributed by atoms with Gasteiger partial charge in [-0.1, -0.05) is 11.6 Å². The average molecular weight is 227 g/mol. The zero-order valence-electron chi connectivity index (χ0n) is 7.77. The van der Waals surface area contributed by atoms with E-state index in [0.717, 1.165) is 4.68 Å². The summed E-state index contributed by atoms with van der Waals surface area (Å²) in [6.07, 6.45) is 0. The van der Waals surface area contributed by atoms with Crippen molar-refractivity contribution >= 4 is 11.6 Å². The molecule has 0 bridgehead atoms. The highest BCUT2D eigenvalue weighted by Gasteiger charge is 2.08. The van der Waals surface area contributed by atoms with Gasteiger partial charge in [0.1, 0.15) is 5.75 Å². The van der Waals surface area contributed by atoms with Crippen LogP contribution in [0.4, 0.5) is 0 Å². The molecule has 0 fully saturated rings. The van der Waals surface area contributed by atoms with Gasteiger partial charge in [0.15, 0.2) is 0 Å². The molecule has 2 aromatic rings. The highest BCUT2D eigenvalue weighted by atomic mass is 35.5. The van der Waals surface area contributed by atoms with Gasteiger partial charge in [0.05, 0.1) is 17.8 Å². The summed E-state index contributed by atoms with van der Waals surface area (Å²) in [4.78, 5) is 11.2. The zero-order chi connectivity index (χ0) is 10.8. The van der Waals surface area contributed by atoms with Crippen molar-refractivity contribution in [1.29, 1.82) is 0 Å². The lowest BCUT2D eigenvalue weighted by molar-refractivity contribution is 0.414. The first-order valence-electron chi connectivity index (χ1n) is 4.06. The van der Waals surface area contributed by atoms with Crippen molar-refractivity contribution in [3.05, 3.63) is 33.7 Å². The molecule has 1 N–H and O–H groups in total. The Morgan fingerprint density at radius 3 is 2.87 bits per heavy atom. The predicted molar refractivity (Wildman–Crippen MR) is 53.5 cm³/mol. The molecule has 0 unspecified atom stereocenters. The summed E-state index contributed by atoms with van der Waals surface area (Å²) in [7, 11) is 1.54. The van der Waals surface area contributed by atoms with Crippen LogP contribution in [0.2, 0.25) is 5.02 Å². The quantitative estimate of drug-likeness (QED) is 0.815. The van der Waals surface area contributed by atoms with Gasteiger partial charge in [-0.2, -0.15) is 4.68 Å². The first kappa shape index (κ1) is 9.72. The van der Waals surface area contributed by atoms with E-state index in [-0.39, 0.29) is 0 Å². The number of H-pyrrole nitrogens is 1. The average Bonchev–Trinajstić information content (AvgIpc) is 2.64. The molecular weight excluding hydrogens is 220 g/mol. The van der Waals surface area contributed by atoms with Crippen LogP contribution in [-0.4, -0.2) is 27.3 Å². The molecule has 0 spiro atoms. The molecule has 7 heteroatoms. The lowest BCUT2D eigenvalue weighted by atomic mass is 10.3. The van der Waals surface area contributed by atoms with E-state index in [1.165, 1.54) is 7.11 Å². The maximum absolute atomic E-state index is 11.2. The van der Waals surface area contributed by atoms with Crippen LogP contribution in [0.15, 0.2) is 23.0 Å². The maximum atomic E-state index is 11.2. The predicted octanol–water partition coefficient (Wildman–Crippen LogP) is 0.618. The zero-order valence-corrected chi connectivity index (χ0v) is 8.52. The van der Waals surface area contributed by atoms with Crippen molar-refractivity contribution in [2.45, 2.75) is 0 Å². The van der Waals surface area contributed by atoms with Crippen LogP contribution in [0.3, 0.4) is 0 Å². The van der Waals surface area contributed by atoms with E-state index in [4.69, 9.17) is 16.3 Å². The number of nitrogens with one attached hydrogen (secondary N) is 1. The number of benzene rings is 1. The summed E-state index contributed by atoms with van der Waals surface area (Å²) in [5, 5.41) is 9.49. The fraction of sp³-hybridized carbons (Fsp3) is 0.125. The van der Waals surface area contributed by atoms with Gasteiger partial charge in [-0.3, -0.25) is 0 Å². The van der Waals surface area contributed by atoms with Crippen molar-refractivity contribution in [2.75, 3.05) is 7.11 Å². The van der Waals surface area contributed by atoms with E-state index < -0.39 is 5.69 Å². The van der Waals surface area contributed by atoms with Gasteiger partial charge in [-0.25, -0.2) is 9.89 Å². The fourth-order valence-corrected chi connectivity index (χ4v) is 1.39. The van der Waals surface area contributed by atoms with Gasteiger partial charge in [-0.15, -0.1) is 0 Å². The summed E-state index contributed by atoms with van der Waals surface area (Å²) >= 11 is 5.95. The Morgan fingerprint density at radius 1 is 1.53 bits per heavy atom. The van der Waals surface area contributed by atoms with Crippen LogP contribution in [0.1, 0.15) is 0 Å². The van der Waals surface area contributed by atoms with E-state index in [2.05, 4.69) is 15.5 Å². The second kappa shape index (κ2) is 3.74. The summed E-state index contributed by atoms with van der Waals surface area (Å²) in [5.74, 6) is 0.611. The van der Waals surface area contributed by atoms with Gasteiger partial charge in [0.25, 0.3) is 0 Å². The SMILES string of the molecule is COc1ccc(-n2nn[nH]c2=O)c(Cl)c1. The molecular formula is C8H7ClN4O2. The minimum absolute atomic E-state index is 0.366. The molecule has 0 atom stereocenters. The Morgan fingerprint density at radius 2 is 2.33 bits per heavy atom. The van der Waals surface area contributed by atoms with Crippen LogP contribution in [0.5, 0.6) is 5.75 Å². The Balaban J connectivity index is 2.55. The third-order valence-electron chi connectivity index (χ3n) is 1.86. The molecule has 0 aliphatic heterocycles. The molecule has 0 radical (unpaired) electrons. The van der Waals surface area contributed by atoms with E-state index in [1.54, 1.807) is 18.2 Å². The Labute approximate surface area is 89.4 Å². The maximum Gasteiger partial charge on any atom is 0.365 e. The molecule has 1 aromatic carbocycles. The summed E-state index contributed by atoms with van der Waals surface area (Å²) < 4.78 is 6.05. The number of methoxy groups -OCH3 is 1. The smallest absolute Gasteiger partial charge is 0.365 e. The number of aromatic amines is 1. The molecule has 2 rings (SSSR count). The number of nitrogens with zero attached hydrogens (tertiary/aromatic N) is 3. The monoisotopic (exact) mass is 226 g/mol. The molecule has 78 valence electrons. The lowest BCUT2D eigenvalue weighted by Crippen LogP contribution is -2.16. The van der Waals surface area contributed by atoms with Crippen molar-refractivity contribution in [3.8, 4) is 11.4 Å². The van der Waals surface area contributed by atoms with E-state index in [9.17, 15) is 4.79 Å². The number of aromatic nitrogens is 4. The van der Waals surface area contributed by atoms with Crippen LogP contribution in [-0.2, 0) is 0 Å². The van der Waals surface area contributed by atoms with Crippen LogP contribution < -0.4 is 10.4 Å². The first-order chi connectivity index (χ1) is 7.22. The molecule has 0 amide bonds. The van der Waals surface area contributed by atoms with Crippen molar-refractivity contribution in [1.82, 2.24) is 20.2 Å². The topological polar surface area (TPSA) is 72.8 Å². The number of hydrogen-bond donors (Lipinski definition) is 1. The van der Waals surface area contributed by atoms with Crippen LogP contribution in [0.25, 0.3) is 5.69 Å². The number of hydrogen-bond acceptors (Lipinski definition) is 4. The van der Waals surface area contributed by atoms with Gasteiger partial charge in [-0.05, 0) is 22.6 Å². The molecule has 0 aliphatic rings. The van der Waals surface area contributed by atoms with Crippen molar-refractivity contribution < 1.29 is 4.74 Å². The third kappa shape index (κ3) is 1.71. The summed E-state index contributed by atoms with van der Waals surface area (Å²) in [5.41, 5.74) is 0.0123. The molecule has 1 aromatic heterocycles. The summed E-state index contributed by atoms with van der Waals surface area (Å²) in [6, 6.07) is 4.91. The van der Waals surface area contributed by atoms with E-state index >= 15 is 0 Å². The van der Waals surface area contributed by atoms with Crippen LogP contribution in [0, 0.1) is 0 Å². The highest BCUT2D eigenvalue weighted by molar-refractivity contribution is 6.32. The van der Waals surface area contributed by atoms with Crippen LogP contribution >= 0.6 is 11.6 Å². The Kier molecular flexibility index (Phi) is 2.42. The minimum atomic E-state index is -0.443. The van der Waals surface area contributed by atoms with E-state index in [1.807, 2.05) is 0 Å². The molecule has 0 aliphatic carbocycles. The molecule has 6 nitrogen and oxygen atoms in total. The van der Waals surface area contributed by atoms with Gasteiger partial charge in [0.2, 0.25) is 0 Å². The minimum Gasteiger partial charge on any atom is -0.497 e. The molecule has 0 saturated heterocycles. The second-order valence-corrected chi connectivity index (χ2v) is 3.14. The molecule has 1 heterocycles. The largest absolute Gasteiger partial charge is 0.497 e. The Bertz CT molecular complexity index is 533. The van der Waals surface area contributed by atoms with Gasteiger partial charge < -0.3 is 4.74 Å². The fourth-order valence-electron chi connectivity index (χ4n) is 1.14. The number of rotatable bonds is 2. The normalized spacial score (nSPS) is 10.3. The van der Waals surface area contributed by atoms with Crippen molar-refractivity contribution in [3.63, 3.8) is 0 Å². The summed E-state index contributed by atoms with van der Waals surface area (Å²) in [6.45, 7) is 0.